The largest absolute Gasteiger partial charge is 0.493 e. The first kappa shape index (κ1) is 98.6. The highest BCUT2D eigenvalue weighted by Crippen LogP contribution is 2.53. The zero-order valence-electron chi connectivity index (χ0n) is 85.5. The Morgan fingerprint density at radius 1 is 0.382 bits per heavy atom. The van der Waals surface area contributed by atoms with Crippen LogP contribution in [0, 0.1) is 40.4 Å². The number of fused-ring (bicyclic) bond motifs is 6. The number of Topliss-reactive ketones (excluding diaryl/α,β-unsaturated/α-hetero) is 3. The number of nitrogens with zero attached hydrogens (tertiary/aromatic N) is 6. The maximum Gasteiger partial charge on any atom is 0.337 e. The number of rotatable bonds is 19. The standard InChI is InChI=1S/C33H31N3O3.C31H31NO4.C30H31NO4.C29H28FNO3/c1-19-14-23-15-22(24-16-34-18-35-17-24)6-7-25(23)30(28(19)32(20(2)37)39-33(3,4)5)26-8-9-27-29-21(11-13-38-27)10-12-36-31(26)29;1-17-14-23-21(7-6-20-15-34-16-24(20)23)28(26(17)30(18(2)33)36-31(3,4)5)22-8-9-25-27-19(11-13-35-25)10-12-32-29(22)27;1-6-30(4,5)35-28(29(32)33)24-18(3)16-20-15-17(2)7-8-21(20)26(24)22-9-10-23-25-19(12-14-34-23)11-13-31-27(22)25;1-16-15-19-7-6-8-21(30)24(19)26(23(16)28(17(2)32)34-29(3,4)5)20-9-10-22-25-18(12-14-33-22)11-13-31-27(20)25/h6-10,12,14-18,32H,11,13H2,1-5H3;6-10,12,14,30H,11,13,15-16H2,1-5H3;7-11,13,15-16,28H,6,12,14H2,1-5H3,(H,32,33);6-11,13,15,28H,12,14H2,1-5H3/t32-;30-;2*28-/m1101/s1. The van der Waals surface area contributed by atoms with Crippen molar-refractivity contribution in [1.29, 1.82) is 0 Å². The van der Waals surface area contributed by atoms with E-state index in [1.54, 1.807) is 26.1 Å². The van der Waals surface area contributed by atoms with Gasteiger partial charge in [0, 0.05) is 129 Å². The maximum absolute atomic E-state index is 15.5. The van der Waals surface area contributed by atoms with Crippen molar-refractivity contribution in [1.82, 2.24) is 29.9 Å². The molecule has 5 aliphatic rings. The average molecular weight is 1930 g/mol. The number of halogens is 1. The van der Waals surface area contributed by atoms with Crippen LogP contribution in [0.1, 0.15) is 218 Å². The Balaban J connectivity index is 0.000000122. The van der Waals surface area contributed by atoms with Crippen LogP contribution in [0.5, 0.6) is 23.0 Å². The number of ketones is 3. The lowest BCUT2D eigenvalue weighted by Crippen LogP contribution is -2.30. The average Bonchev–Trinajstić information content (AvgIpc) is 1.16. The predicted octanol–water partition coefficient (Wildman–Crippen LogP) is 27.8. The third-order valence-electron chi connectivity index (χ3n) is 27.9. The molecule has 734 valence electrons. The van der Waals surface area contributed by atoms with E-state index in [2.05, 4.69) is 122 Å². The van der Waals surface area contributed by atoms with E-state index in [4.69, 9.17) is 62.6 Å². The minimum absolute atomic E-state index is 0.0165. The summed E-state index contributed by atoms with van der Waals surface area (Å²) in [6.45, 7) is 42.2. The summed E-state index contributed by atoms with van der Waals surface area (Å²) >= 11 is 0. The molecular weight excluding hydrogens is 1800 g/mol. The second kappa shape index (κ2) is 39.2. The number of pyridine rings is 4. The molecule has 0 bridgehead atoms. The van der Waals surface area contributed by atoms with E-state index in [0.29, 0.717) is 68.1 Å². The number of carbonyl (C=O) groups excluding carboxylic acids is 3. The fourth-order valence-electron chi connectivity index (χ4n) is 21.4. The SMILES string of the molecule is CC(=O)[C@@H](OC(C)(C)C)c1c(C)cc2c3c(ccc2c1-c1ccc2c4c(ccnc14)CCO2)COC3.CC(=O)[C@@H](OC(C)(C)C)c1c(C)cc2cc(-c3cncnc3)ccc2c1-c1ccc2c3c(ccnc13)CCO2.CC(=O)[C@@H](OC(C)(C)C)c1c(C)cc2cccc(F)c2c1-c1ccc2c3c(ccnc13)CCO2.CCC(C)(C)O[C@H](C(=O)O)c1c(C)cc2cc(C)ccc2c1-c1ccc2c3c(ccnc13)CCO2. The van der Waals surface area contributed by atoms with Crippen molar-refractivity contribution in [2.45, 2.75) is 231 Å². The van der Waals surface area contributed by atoms with Crippen molar-refractivity contribution < 1.29 is 71.3 Å². The third kappa shape index (κ3) is 19.1. The summed E-state index contributed by atoms with van der Waals surface area (Å²) in [5.41, 5.74) is 25.5. The lowest BCUT2D eigenvalue weighted by Gasteiger charge is -2.31. The molecule has 20 nitrogen and oxygen atoms in total. The van der Waals surface area contributed by atoms with Gasteiger partial charge in [0.2, 0.25) is 0 Å². The summed E-state index contributed by atoms with van der Waals surface area (Å²) in [6.07, 6.45) is 13.1. The van der Waals surface area contributed by atoms with E-state index in [1.807, 2.05) is 189 Å². The normalized spacial score (nSPS) is 14.5. The van der Waals surface area contributed by atoms with Crippen molar-refractivity contribution in [3.8, 4) is 78.6 Å². The van der Waals surface area contributed by atoms with Crippen LogP contribution in [-0.4, -0.2) is 107 Å². The molecule has 0 amide bonds. The first-order valence-electron chi connectivity index (χ1n) is 49.6. The van der Waals surface area contributed by atoms with Gasteiger partial charge in [-0.2, -0.15) is 0 Å². The Morgan fingerprint density at radius 3 is 1.18 bits per heavy atom. The lowest BCUT2D eigenvalue weighted by atomic mass is 9.83. The monoisotopic (exact) mass is 1920 g/mol. The van der Waals surface area contributed by atoms with Crippen molar-refractivity contribution in [3.63, 3.8) is 0 Å². The molecule has 5 aliphatic heterocycles. The molecule has 0 spiro atoms. The predicted molar refractivity (Wildman–Crippen MR) is 567 cm³/mol. The third-order valence-corrected chi connectivity index (χ3v) is 27.9. The van der Waals surface area contributed by atoms with Crippen LogP contribution < -0.4 is 18.9 Å². The Morgan fingerprint density at radius 2 is 0.764 bits per heavy atom. The zero-order chi connectivity index (χ0) is 102. The fourth-order valence-corrected chi connectivity index (χ4v) is 21.4. The van der Waals surface area contributed by atoms with E-state index in [-0.39, 0.29) is 23.2 Å². The number of carboxylic acid groups (broad SMARTS) is 1. The molecule has 22 rings (SSSR count). The number of benzene rings is 12. The number of ether oxygens (including phenoxy) is 9. The van der Waals surface area contributed by atoms with Crippen LogP contribution in [0.15, 0.2) is 207 Å². The molecule has 10 heterocycles. The molecule has 0 saturated heterocycles. The van der Waals surface area contributed by atoms with Gasteiger partial charge in [0.15, 0.2) is 23.5 Å². The molecule has 0 radical (unpaired) electrons. The first-order chi connectivity index (χ1) is 68.8. The van der Waals surface area contributed by atoms with Crippen LogP contribution in [0.4, 0.5) is 4.39 Å². The molecule has 12 aromatic carbocycles. The van der Waals surface area contributed by atoms with Gasteiger partial charge in [0.25, 0.3) is 0 Å². The van der Waals surface area contributed by atoms with Crippen LogP contribution >= 0.6 is 0 Å². The second-order valence-electron chi connectivity index (χ2n) is 42.1. The van der Waals surface area contributed by atoms with Crippen molar-refractivity contribution in [2.75, 3.05) is 26.4 Å². The van der Waals surface area contributed by atoms with Crippen LogP contribution in [0.2, 0.25) is 0 Å². The molecule has 144 heavy (non-hydrogen) atoms. The molecule has 0 saturated carbocycles. The number of aryl methyl sites for hydroxylation is 5. The lowest BCUT2D eigenvalue weighted by molar-refractivity contribution is -0.162. The molecule has 0 aliphatic carbocycles. The minimum Gasteiger partial charge on any atom is -0.493 e. The molecule has 0 fully saturated rings. The van der Waals surface area contributed by atoms with E-state index in [1.165, 1.54) is 47.1 Å². The quantitative estimate of drug-likeness (QED) is 0.0790. The van der Waals surface area contributed by atoms with Gasteiger partial charge in [0.05, 0.1) is 84.1 Å². The van der Waals surface area contributed by atoms with Gasteiger partial charge in [0.1, 0.15) is 53.5 Å². The number of aromatic nitrogens is 6. The molecule has 21 heteroatoms. The van der Waals surface area contributed by atoms with Crippen LogP contribution in [0.3, 0.4) is 0 Å². The number of aliphatic carboxylic acids is 1. The first-order valence-corrected chi connectivity index (χ1v) is 49.6. The smallest absolute Gasteiger partial charge is 0.337 e. The Kier molecular flexibility index (Phi) is 26.8. The number of hydrogen-bond acceptors (Lipinski definition) is 19. The van der Waals surface area contributed by atoms with Crippen molar-refractivity contribution >= 4 is 110 Å². The number of hydrogen-bond donors (Lipinski definition) is 1. The van der Waals surface area contributed by atoms with Gasteiger partial charge in [-0.25, -0.2) is 19.2 Å². The molecule has 17 aromatic rings. The summed E-state index contributed by atoms with van der Waals surface area (Å²) in [5, 5.41) is 22.0. The minimum atomic E-state index is -1.12. The number of carboxylic acids is 1. The fraction of sp³-hybridized carbons (Fsp3) is 0.317. The van der Waals surface area contributed by atoms with Gasteiger partial charge in [-0.3, -0.25) is 34.3 Å². The van der Waals surface area contributed by atoms with Gasteiger partial charge < -0.3 is 47.7 Å². The summed E-state index contributed by atoms with van der Waals surface area (Å²) in [5.74, 6) is 1.79. The molecule has 0 unspecified atom stereocenters. The Hall–Kier alpha value is -14.2. The van der Waals surface area contributed by atoms with Crippen LogP contribution in [0.25, 0.3) is 142 Å². The van der Waals surface area contributed by atoms with Gasteiger partial charge >= 0.3 is 5.97 Å². The highest BCUT2D eigenvalue weighted by atomic mass is 19.1. The second-order valence-corrected chi connectivity index (χ2v) is 42.1. The Bertz CT molecular complexity index is 8050. The Labute approximate surface area is 838 Å². The van der Waals surface area contributed by atoms with Gasteiger partial charge in [-0.15, -0.1) is 0 Å². The van der Waals surface area contributed by atoms with Gasteiger partial charge in [-0.05, 0) is 355 Å². The maximum atomic E-state index is 15.5. The topological polar surface area (TPSA) is 249 Å². The van der Waals surface area contributed by atoms with Crippen molar-refractivity contribution in [3.05, 3.63) is 297 Å². The summed E-state index contributed by atoms with van der Waals surface area (Å²) < 4.78 is 70.7. The van der Waals surface area contributed by atoms with E-state index in [9.17, 15) is 24.3 Å². The summed E-state index contributed by atoms with van der Waals surface area (Å²) in [6, 6.07) is 54.7. The highest BCUT2D eigenvalue weighted by molar-refractivity contribution is 6.15. The highest BCUT2D eigenvalue weighted by Gasteiger charge is 2.39. The van der Waals surface area contributed by atoms with Gasteiger partial charge in [-0.1, -0.05) is 91.3 Å². The van der Waals surface area contributed by atoms with E-state index >= 15 is 4.39 Å². The van der Waals surface area contributed by atoms with E-state index < -0.39 is 52.8 Å². The summed E-state index contributed by atoms with van der Waals surface area (Å²) in [7, 11) is 0. The molecular formula is C123H121FN6O14. The number of carbonyl (C=O) groups is 4. The molecule has 4 atom stereocenters. The summed E-state index contributed by atoms with van der Waals surface area (Å²) in [4.78, 5) is 79.6. The van der Waals surface area contributed by atoms with Crippen LogP contribution in [-0.2, 0) is 81.8 Å². The zero-order valence-corrected chi connectivity index (χ0v) is 85.5. The van der Waals surface area contributed by atoms with Crippen molar-refractivity contribution in [2.24, 2.45) is 0 Å². The van der Waals surface area contributed by atoms with E-state index in [0.717, 1.165) is 225 Å². The molecule has 5 aromatic heterocycles. The molecule has 1 N–H and O–H groups in total.